The Labute approximate surface area is 80.8 Å². The molecule has 0 aromatic heterocycles. The summed E-state index contributed by atoms with van der Waals surface area (Å²) in [5.74, 6) is 0. The van der Waals surface area contributed by atoms with Crippen LogP contribution < -0.4 is 4.46 Å². The summed E-state index contributed by atoms with van der Waals surface area (Å²) in [6.45, 7) is 3.71. The van der Waals surface area contributed by atoms with Gasteiger partial charge in [0.2, 0.25) is 0 Å². The molecule has 0 amide bonds. The van der Waals surface area contributed by atoms with Crippen LogP contribution in [0.2, 0.25) is 5.32 Å². The molecule has 0 fully saturated rings. The van der Waals surface area contributed by atoms with Crippen LogP contribution >= 0.6 is 0 Å². The molecule has 1 rings (SSSR count). The number of unbranched alkanes of at least 4 members (excludes halogenated alkanes) is 1. The third-order valence-electron chi connectivity index (χ3n) is 1.56. The molecule has 0 heterocycles. The summed E-state index contributed by atoms with van der Waals surface area (Å²) in [5.41, 5.74) is 0. The Morgan fingerprint density at radius 3 is 2.67 bits per heavy atom. The van der Waals surface area contributed by atoms with E-state index in [-0.39, 0.29) is 0 Å². The van der Waals surface area contributed by atoms with Crippen LogP contribution in [0, 0.1) is 0 Å². The Balaban J connectivity index is 2.20. The summed E-state index contributed by atoms with van der Waals surface area (Å²) < 4.78 is 1.51. The molecule has 0 aliphatic heterocycles. The van der Waals surface area contributed by atoms with Gasteiger partial charge >= 0.3 is 80.6 Å². The van der Waals surface area contributed by atoms with E-state index in [2.05, 4.69) is 36.9 Å². The van der Waals surface area contributed by atoms with E-state index in [1.807, 2.05) is 6.08 Å². The number of hydrogen-bond acceptors (Lipinski definition) is 0. The van der Waals surface area contributed by atoms with Gasteiger partial charge in [0.1, 0.15) is 0 Å². The molecule has 12 heavy (non-hydrogen) atoms. The van der Waals surface area contributed by atoms with E-state index in [4.69, 9.17) is 0 Å². The molecule has 0 nitrogen and oxygen atoms in total. The molecule has 1 aromatic carbocycles. The van der Waals surface area contributed by atoms with Crippen molar-refractivity contribution in [1.82, 2.24) is 0 Å². The molecule has 64 valence electrons. The van der Waals surface area contributed by atoms with Crippen molar-refractivity contribution in [3.8, 4) is 0 Å². The topological polar surface area (TPSA) is 0 Å². The van der Waals surface area contributed by atoms with Crippen molar-refractivity contribution in [3.05, 3.63) is 43.0 Å². The number of allylic oxidation sites excluding steroid dienone is 1. The van der Waals surface area contributed by atoms with Crippen molar-refractivity contribution in [2.45, 2.75) is 18.2 Å². The van der Waals surface area contributed by atoms with E-state index >= 15 is 0 Å². The first-order valence-electron chi connectivity index (χ1n) is 4.22. The molecular formula is C11H14Se. The zero-order valence-electron chi connectivity index (χ0n) is 7.20. The maximum absolute atomic E-state index is 3.71. The first-order chi connectivity index (χ1) is 5.93. The van der Waals surface area contributed by atoms with Crippen molar-refractivity contribution < 1.29 is 0 Å². The fraction of sp³-hybridized carbons (Fsp3) is 0.273. The Hall–Kier alpha value is -0.521. The van der Waals surface area contributed by atoms with Gasteiger partial charge in [-0.1, -0.05) is 0 Å². The van der Waals surface area contributed by atoms with Gasteiger partial charge in [-0.25, -0.2) is 0 Å². The standard InChI is InChI=1S/C11H14Se/c1-2-3-7-10-12-11-8-5-4-6-9-11/h2,4-6,8-9H,1,3,7,10H2. The quantitative estimate of drug-likeness (QED) is 0.410. The Morgan fingerprint density at radius 2 is 2.00 bits per heavy atom. The summed E-state index contributed by atoms with van der Waals surface area (Å²) in [6.07, 6.45) is 4.45. The average molecular weight is 225 g/mol. The summed E-state index contributed by atoms with van der Waals surface area (Å²) in [6, 6.07) is 10.7. The van der Waals surface area contributed by atoms with Crippen LogP contribution in [0.5, 0.6) is 0 Å². The number of hydrogen-bond donors (Lipinski definition) is 0. The summed E-state index contributed by atoms with van der Waals surface area (Å²) in [4.78, 5) is 0. The van der Waals surface area contributed by atoms with Gasteiger partial charge in [-0.2, -0.15) is 0 Å². The molecule has 0 aliphatic carbocycles. The van der Waals surface area contributed by atoms with Crippen LogP contribution in [0.1, 0.15) is 12.8 Å². The fourth-order valence-electron chi connectivity index (χ4n) is 0.934. The minimum atomic E-state index is 0.671. The van der Waals surface area contributed by atoms with Crippen molar-refractivity contribution in [1.29, 1.82) is 0 Å². The van der Waals surface area contributed by atoms with Gasteiger partial charge in [0, 0.05) is 0 Å². The SMILES string of the molecule is C=CCCC[Se]c1ccccc1. The van der Waals surface area contributed by atoms with Crippen LogP contribution in [-0.4, -0.2) is 15.0 Å². The maximum atomic E-state index is 3.71. The molecule has 0 radical (unpaired) electrons. The normalized spacial score (nSPS) is 9.67. The van der Waals surface area contributed by atoms with Gasteiger partial charge in [-0.15, -0.1) is 0 Å². The predicted molar refractivity (Wildman–Crippen MR) is 56.1 cm³/mol. The number of benzene rings is 1. The third-order valence-corrected chi connectivity index (χ3v) is 3.87. The molecule has 1 aromatic rings. The van der Waals surface area contributed by atoms with Crippen LogP contribution in [-0.2, 0) is 0 Å². The Bertz CT molecular complexity index is 216. The second-order valence-electron chi connectivity index (χ2n) is 2.59. The van der Waals surface area contributed by atoms with E-state index in [1.165, 1.54) is 16.2 Å². The second kappa shape index (κ2) is 6.05. The van der Waals surface area contributed by atoms with Crippen LogP contribution in [0.3, 0.4) is 0 Å². The fourth-order valence-corrected chi connectivity index (χ4v) is 2.81. The zero-order valence-corrected chi connectivity index (χ0v) is 8.91. The van der Waals surface area contributed by atoms with Crippen molar-refractivity contribution >= 4 is 19.4 Å². The van der Waals surface area contributed by atoms with Crippen LogP contribution in [0.25, 0.3) is 0 Å². The molecule has 1 heteroatoms. The monoisotopic (exact) mass is 226 g/mol. The van der Waals surface area contributed by atoms with Gasteiger partial charge < -0.3 is 0 Å². The van der Waals surface area contributed by atoms with Gasteiger partial charge in [-0.05, 0) is 0 Å². The van der Waals surface area contributed by atoms with Crippen LogP contribution in [0.4, 0.5) is 0 Å². The summed E-state index contributed by atoms with van der Waals surface area (Å²) in [5, 5.41) is 1.34. The zero-order chi connectivity index (χ0) is 8.65. The summed E-state index contributed by atoms with van der Waals surface area (Å²) in [7, 11) is 0. The van der Waals surface area contributed by atoms with Gasteiger partial charge in [0.25, 0.3) is 0 Å². The predicted octanol–water partition coefficient (Wildman–Crippen LogP) is 2.40. The summed E-state index contributed by atoms with van der Waals surface area (Å²) >= 11 is 0.671. The van der Waals surface area contributed by atoms with Gasteiger partial charge in [0.15, 0.2) is 0 Å². The molecule has 0 aliphatic rings. The Kier molecular flexibility index (Phi) is 4.82. The van der Waals surface area contributed by atoms with Crippen molar-refractivity contribution in [2.75, 3.05) is 0 Å². The molecule has 0 atom stereocenters. The van der Waals surface area contributed by atoms with Crippen LogP contribution in [0.15, 0.2) is 43.0 Å². The van der Waals surface area contributed by atoms with Gasteiger partial charge in [0.05, 0.1) is 0 Å². The van der Waals surface area contributed by atoms with E-state index in [0.717, 1.165) is 6.42 Å². The van der Waals surface area contributed by atoms with E-state index in [0.29, 0.717) is 15.0 Å². The minimum absolute atomic E-state index is 0.671. The molecule has 0 N–H and O–H groups in total. The number of rotatable bonds is 5. The third kappa shape index (κ3) is 3.75. The first-order valence-corrected chi connectivity index (χ1v) is 6.29. The molecule has 0 saturated carbocycles. The molecular weight excluding hydrogens is 211 g/mol. The van der Waals surface area contributed by atoms with Crippen molar-refractivity contribution in [3.63, 3.8) is 0 Å². The van der Waals surface area contributed by atoms with E-state index in [9.17, 15) is 0 Å². The average Bonchev–Trinajstić information content (AvgIpc) is 2.14. The Morgan fingerprint density at radius 1 is 1.25 bits per heavy atom. The first kappa shape index (κ1) is 9.57. The molecule has 0 spiro atoms. The van der Waals surface area contributed by atoms with Crippen molar-refractivity contribution in [2.24, 2.45) is 0 Å². The van der Waals surface area contributed by atoms with Gasteiger partial charge in [-0.3, -0.25) is 0 Å². The molecule has 0 unspecified atom stereocenters. The second-order valence-corrected chi connectivity index (χ2v) is 5.04. The molecule has 0 saturated heterocycles. The molecule has 0 bridgehead atoms. The van der Waals surface area contributed by atoms with E-state index in [1.54, 1.807) is 0 Å². The van der Waals surface area contributed by atoms with E-state index < -0.39 is 0 Å².